The van der Waals surface area contributed by atoms with Crippen LogP contribution < -0.4 is 32.6 Å². The monoisotopic (exact) mass is 1310 g/mol. The molecule has 1 unspecified atom stereocenters. The molecular weight excluding hydrogens is 1220 g/mol. The van der Waals surface area contributed by atoms with Gasteiger partial charge in [-0.05, 0) is 122 Å². The molecule has 22 heteroatoms. The lowest BCUT2D eigenvalue weighted by atomic mass is 10.1. The number of aromatic nitrogens is 12. The maximum Gasteiger partial charge on any atom is 0.250 e. The van der Waals surface area contributed by atoms with Gasteiger partial charge in [0.15, 0.2) is 17.3 Å². The van der Waals surface area contributed by atoms with E-state index in [0.29, 0.717) is 70.5 Å². The first-order valence-corrected chi connectivity index (χ1v) is 32.5. The van der Waals surface area contributed by atoms with Crippen molar-refractivity contribution in [3.8, 4) is 102 Å². The van der Waals surface area contributed by atoms with Gasteiger partial charge in [0.05, 0.1) is 59.4 Å². The summed E-state index contributed by atoms with van der Waals surface area (Å²) in [6, 6.07) is 40.4. The molecule has 0 amide bonds. The van der Waals surface area contributed by atoms with Crippen LogP contribution in [0.4, 0.5) is 0 Å². The SMILES string of the molecule is CCn1cc(-c2cnc(C)c(-c3cc(-c4ccc(CNC)cc4)no3)n2)ccc1=O.CNCc1ccc(-c2cc(-c3nc(-c4ccc(=O)n(C(C)C5CC5)c4)cnc3C)on2)cc1.CNCc1ccc(-c2cc(-c3nc(-c4ccc(=O)n(CC5(CO)CC5)c4)cnc3C)on2)cc1.[HH].[HH].[HH]. The van der Waals surface area contributed by atoms with Gasteiger partial charge in [-0.25, -0.2) is 15.0 Å². The van der Waals surface area contributed by atoms with E-state index < -0.39 is 0 Å². The molecular formula is C75H83N15O7. The maximum atomic E-state index is 12.4. The smallest absolute Gasteiger partial charge is 0.250 e. The Hall–Kier alpha value is -10.8. The normalized spacial score (nSPS) is 13.3. The van der Waals surface area contributed by atoms with Crippen LogP contribution in [0.1, 0.15) is 83.6 Å². The molecule has 0 saturated heterocycles. The average molecular weight is 1310 g/mol. The Kier molecular flexibility index (Phi) is 20.1. The molecule has 3 aromatic carbocycles. The summed E-state index contributed by atoms with van der Waals surface area (Å²) in [5.41, 5.74) is 17.0. The van der Waals surface area contributed by atoms with Crippen molar-refractivity contribution in [2.75, 3.05) is 27.7 Å². The third-order valence-electron chi connectivity index (χ3n) is 17.7. The number of hydrogen-bond acceptors (Lipinski definition) is 19. The fourth-order valence-electron chi connectivity index (χ4n) is 11.4. The molecule has 0 radical (unpaired) electrons. The molecule has 12 aromatic rings. The van der Waals surface area contributed by atoms with Crippen LogP contribution in [0.5, 0.6) is 0 Å². The molecule has 0 aliphatic heterocycles. The van der Waals surface area contributed by atoms with Gasteiger partial charge in [0.1, 0.15) is 34.2 Å². The third kappa shape index (κ3) is 15.5. The summed E-state index contributed by atoms with van der Waals surface area (Å²) in [5, 5.41) is 31.8. The Labute approximate surface area is 565 Å². The van der Waals surface area contributed by atoms with Crippen LogP contribution in [0.3, 0.4) is 0 Å². The zero-order valence-electron chi connectivity index (χ0n) is 55.6. The van der Waals surface area contributed by atoms with Crippen molar-refractivity contribution in [1.29, 1.82) is 0 Å². The molecule has 9 aromatic heterocycles. The minimum absolute atomic E-state index is 0. The van der Waals surface area contributed by atoms with Crippen molar-refractivity contribution < 1.29 is 23.0 Å². The number of aliphatic hydroxyl groups excluding tert-OH is 1. The quantitative estimate of drug-likeness (QED) is 0.0520. The van der Waals surface area contributed by atoms with Gasteiger partial charge in [-0.3, -0.25) is 29.3 Å². The second-order valence-corrected chi connectivity index (χ2v) is 24.8. The average Bonchev–Trinajstić information content (AvgIpc) is 1.58. The Morgan fingerprint density at radius 1 is 0.495 bits per heavy atom. The van der Waals surface area contributed by atoms with Gasteiger partial charge in [0.25, 0.3) is 16.7 Å². The first-order chi connectivity index (χ1) is 47.1. The number of hydrogen-bond donors (Lipinski definition) is 4. The third-order valence-corrected chi connectivity index (χ3v) is 17.7. The van der Waals surface area contributed by atoms with Crippen molar-refractivity contribution in [3.63, 3.8) is 0 Å². The van der Waals surface area contributed by atoms with Crippen molar-refractivity contribution in [1.82, 2.24) is 75.0 Å². The fraction of sp³-hybridized carbons (Fsp3) is 0.280. The van der Waals surface area contributed by atoms with Crippen molar-refractivity contribution in [2.24, 2.45) is 11.3 Å². The van der Waals surface area contributed by atoms with Gasteiger partial charge in [0.2, 0.25) is 0 Å². The van der Waals surface area contributed by atoms with Crippen LogP contribution in [0, 0.1) is 32.1 Å². The minimum atomic E-state index is -0.173. The van der Waals surface area contributed by atoms with Crippen LogP contribution in [0.15, 0.2) is 193 Å². The molecule has 14 rings (SSSR count). The number of aliphatic hydroxyl groups is 1. The Balaban J connectivity index is 0.000000173. The second-order valence-electron chi connectivity index (χ2n) is 24.8. The van der Waals surface area contributed by atoms with E-state index in [0.717, 1.165) is 100 Å². The molecule has 2 fully saturated rings. The van der Waals surface area contributed by atoms with E-state index in [4.69, 9.17) is 28.5 Å². The predicted molar refractivity (Wildman–Crippen MR) is 379 cm³/mol. The topological polar surface area (TPSA) is 278 Å². The second kappa shape index (κ2) is 29.5. The largest absolute Gasteiger partial charge is 0.396 e. The van der Waals surface area contributed by atoms with Crippen LogP contribution >= 0.6 is 0 Å². The summed E-state index contributed by atoms with van der Waals surface area (Å²) < 4.78 is 22.0. The Morgan fingerprint density at radius 3 is 1.20 bits per heavy atom. The van der Waals surface area contributed by atoms with Gasteiger partial charge >= 0.3 is 0 Å². The molecule has 9 heterocycles. The lowest BCUT2D eigenvalue weighted by molar-refractivity contribution is 0.193. The van der Waals surface area contributed by atoms with Crippen LogP contribution in [-0.2, 0) is 32.7 Å². The highest BCUT2D eigenvalue weighted by molar-refractivity contribution is 5.71. The summed E-state index contributed by atoms with van der Waals surface area (Å²) in [7, 11) is 5.77. The maximum absolute atomic E-state index is 12.4. The number of nitrogens with one attached hydrogen (secondary N) is 3. The summed E-state index contributed by atoms with van der Waals surface area (Å²) in [6.45, 7) is 13.3. The van der Waals surface area contributed by atoms with Gasteiger partial charge in [-0.15, -0.1) is 0 Å². The number of pyridine rings is 3. The van der Waals surface area contributed by atoms with E-state index in [1.165, 1.54) is 35.6 Å². The van der Waals surface area contributed by atoms with Crippen LogP contribution in [0.25, 0.3) is 102 Å². The molecule has 1 atom stereocenters. The molecule has 4 N–H and O–H groups in total. The number of nitrogens with zero attached hydrogens (tertiary/aromatic N) is 12. The van der Waals surface area contributed by atoms with Crippen LogP contribution in [-0.4, -0.2) is 91.9 Å². The van der Waals surface area contributed by atoms with E-state index in [1.54, 1.807) is 70.5 Å². The molecule has 2 aliphatic carbocycles. The lowest BCUT2D eigenvalue weighted by Crippen LogP contribution is -2.25. The van der Waals surface area contributed by atoms with Gasteiger partial charge < -0.3 is 48.3 Å². The molecule has 22 nitrogen and oxygen atoms in total. The highest BCUT2D eigenvalue weighted by atomic mass is 16.5. The number of rotatable bonds is 21. The Morgan fingerprint density at radius 2 is 0.845 bits per heavy atom. The van der Waals surface area contributed by atoms with Crippen molar-refractivity contribution in [2.45, 2.75) is 99.1 Å². The molecule has 97 heavy (non-hydrogen) atoms. The zero-order valence-corrected chi connectivity index (χ0v) is 55.6. The van der Waals surface area contributed by atoms with E-state index in [-0.39, 0.29) is 39.0 Å². The number of aryl methyl sites for hydroxylation is 4. The lowest BCUT2D eigenvalue weighted by Gasteiger charge is -2.15. The highest BCUT2D eigenvalue weighted by Crippen LogP contribution is 2.46. The minimum Gasteiger partial charge on any atom is -0.396 e. The summed E-state index contributed by atoms with van der Waals surface area (Å²) in [4.78, 5) is 64.6. The molecule has 0 spiro atoms. The van der Waals surface area contributed by atoms with Crippen molar-refractivity contribution in [3.05, 3.63) is 229 Å². The van der Waals surface area contributed by atoms with E-state index in [9.17, 15) is 19.5 Å². The standard InChI is InChI=1S/C26H27N5O3.C26H27N5O2.C23H23N5O2.3H2/c1-17-25(23-11-21(30-34-23)19-5-3-18(4-6-19)12-27-2)29-22(13-28-17)20-7-8-24(33)31(14-20)15-26(16-32)9-10-26;1-16-26(24-12-22(30-33-24)20-6-4-18(5-7-20)13-27-3)29-23(14-28-16)21-10-11-25(32)31(15-21)17(2)19-8-9-19;1-4-28-14-18(9-10-22(28)29)20-13-25-15(2)23(26-20)21-11-19(27-30-21)17-7-5-16(6-8-17)12-24-3;;;/h3-8,11,13-14,27,32H,9-10,12,15-16H2,1-2H3;4-7,10-12,14-15,17,19,27H,8-9,13H2,1-3H3;5-11,13-14,24H,4,12H2,1-3H3;3*1H. The van der Waals surface area contributed by atoms with E-state index >= 15 is 0 Å². The molecule has 0 bridgehead atoms. The molecule has 2 saturated carbocycles. The zero-order chi connectivity index (χ0) is 67.7. The first-order valence-electron chi connectivity index (χ1n) is 32.5. The summed E-state index contributed by atoms with van der Waals surface area (Å²) in [6.07, 6.45) is 14.8. The summed E-state index contributed by atoms with van der Waals surface area (Å²) >= 11 is 0. The fourth-order valence-corrected chi connectivity index (χ4v) is 11.4. The number of benzene rings is 3. The molecule has 2 aliphatic rings. The van der Waals surface area contributed by atoms with E-state index in [1.807, 2.05) is 114 Å². The molecule has 500 valence electrons. The van der Waals surface area contributed by atoms with Crippen molar-refractivity contribution >= 4 is 0 Å². The van der Waals surface area contributed by atoms with Gasteiger partial charge in [-0.1, -0.05) is 88.3 Å². The van der Waals surface area contributed by atoms with Gasteiger partial charge in [-0.2, -0.15) is 0 Å². The first kappa shape index (κ1) is 66.2. The predicted octanol–water partition coefficient (Wildman–Crippen LogP) is 12.5. The van der Waals surface area contributed by atoms with Gasteiger partial charge in [0, 0.05) is 137 Å². The van der Waals surface area contributed by atoms with E-state index in [2.05, 4.69) is 89.7 Å². The summed E-state index contributed by atoms with van der Waals surface area (Å²) in [5.74, 6) is 2.24. The van der Waals surface area contributed by atoms with Crippen LogP contribution in [0.2, 0.25) is 0 Å². The Bertz CT molecular complexity index is 4930. The highest BCUT2D eigenvalue weighted by Gasteiger charge is 2.42.